The fourth-order valence-corrected chi connectivity index (χ4v) is 6.23. The maximum Gasteiger partial charge on any atom is 0.324 e. The summed E-state index contributed by atoms with van der Waals surface area (Å²) in [5, 5.41) is 26.4. The second kappa shape index (κ2) is 24.0. The van der Waals surface area contributed by atoms with Crippen LogP contribution in [0.25, 0.3) is 0 Å². The van der Waals surface area contributed by atoms with Gasteiger partial charge in [-0.05, 0) is 77.8 Å². The lowest BCUT2D eigenvalue weighted by Crippen LogP contribution is -2.60. The van der Waals surface area contributed by atoms with Crippen LogP contribution in [0.2, 0.25) is 0 Å². The summed E-state index contributed by atoms with van der Waals surface area (Å²) in [6.07, 6.45) is 5.31. The van der Waals surface area contributed by atoms with E-state index in [1.54, 1.807) is 6.92 Å². The third kappa shape index (κ3) is 16.7. The van der Waals surface area contributed by atoms with Crippen LogP contribution in [-0.2, 0) is 28.7 Å². The van der Waals surface area contributed by atoms with Crippen molar-refractivity contribution in [2.24, 2.45) is 17.6 Å². The second-order valence-electron chi connectivity index (χ2n) is 16.0. The van der Waals surface area contributed by atoms with Crippen LogP contribution in [0.1, 0.15) is 93.4 Å². The Kier molecular flexibility index (Phi) is 21.5. The van der Waals surface area contributed by atoms with E-state index in [4.69, 9.17) is 10.5 Å². The van der Waals surface area contributed by atoms with Gasteiger partial charge in [-0.25, -0.2) is 4.79 Å². The number of ether oxygens (including phenoxy) is 1. The van der Waals surface area contributed by atoms with E-state index in [2.05, 4.69) is 22.1 Å². The minimum Gasteiger partial charge on any atom is -0.392 e. The molecule has 0 aromatic rings. The second-order valence-corrected chi connectivity index (χ2v) is 16.0. The lowest BCUT2D eigenvalue weighted by atomic mass is 9.96. The predicted octanol–water partition coefficient (Wildman–Crippen LogP) is 1.79. The highest BCUT2D eigenvalue weighted by molar-refractivity contribution is 6.00. The molecule has 1 fully saturated rings. The van der Waals surface area contributed by atoms with Crippen LogP contribution in [0.3, 0.4) is 0 Å². The SMILES string of the molecule is C=C(C[C@H](C(N)=O)N(C)C(=O)NC(=O)[C@H](CC(C)(C)O)N(C)C(=O)[C@@H](COCCN1CCCC1)N(C)C(=O)[C@H](CC)NC(=O)C[C@H](O)[C@H](C)C/C=C/C)C(C)C. The molecule has 1 rings (SSSR count). The van der Waals surface area contributed by atoms with Gasteiger partial charge in [0.2, 0.25) is 23.6 Å². The smallest absolute Gasteiger partial charge is 0.324 e. The molecule has 6 atom stereocenters. The van der Waals surface area contributed by atoms with Crippen LogP contribution >= 0.6 is 0 Å². The summed E-state index contributed by atoms with van der Waals surface area (Å²) in [4.78, 5) is 86.3. The van der Waals surface area contributed by atoms with Gasteiger partial charge in [0, 0.05) is 34.1 Å². The van der Waals surface area contributed by atoms with E-state index in [0.717, 1.165) is 35.7 Å². The van der Waals surface area contributed by atoms with Gasteiger partial charge in [-0.2, -0.15) is 0 Å². The third-order valence-electron chi connectivity index (χ3n) is 10.4. The van der Waals surface area contributed by atoms with Crippen molar-refractivity contribution in [1.29, 1.82) is 0 Å². The number of nitrogens with zero attached hydrogens (tertiary/aromatic N) is 4. The third-order valence-corrected chi connectivity index (χ3v) is 10.4. The molecule has 56 heavy (non-hydrogen) atoms. The number of carbonyl (C=O) groups is 6. The molecule has 6 N–H and O–H groups in total. The van der Waals surface area contributed by atoms with E-state index in [9.17, 15) is 39.0 Å². The number of hydrogen-bond donors (Lipinski definition) is 5. The number of amides is 7. The van der Waals surface area contributed by atoms with E-state index in [-0.39, 0.29) is 50.7 Å². The Morgan fingerprint density at radius 1 is 0.946 bits per heavy atom. The number of nitrogens with one attached hydrogen (secondary N) is 2. The normalized spacial score (nSPS) is 16.7. The van der Waals surface area contributed by atoms with Gasteiger partial charge in [0.1, 0.15) is 24.2 Å². The Balaban J connectivity index is 3.36. The molecule has 1 aliphatic rings. The number of primary amides is 1. The van der Waals surface area contributed by atoms with Crippen LogP contribution in [-0.4, -0.2) is 155 Å². The standard InChI is InChI=1S/C40H71N7O9/c1-12-14-17-27(5)33(48)23-34(49)42-29(13-2)37(52)45(10)32(25-56-21-20-47-18-15-16-19-47)38(53)44(9)31(24-40(7,8)55)36(51)43-39(54)46(11)30(35(41)50)22-28(6)26(3)4/h12,14,26-27,29-33,48,55H,6,13,15-25H2,1-5,7-11H3,(H2,41,50)(H,42,49)(H,43,51,54)/b14-12+/t27-,29+,30-,31+,32-,33+/m1/s1. The number of hydrogen-bond acceptors (Lipinski definition) is 10. The summed E-state index contributed by atoms with van der Waals surface area (Å²) in [5.74, 6) is -3.75. The van der Waals surface area contributed by atoms with Gasteiger partial charge in [0.25, 0.3) is 5.91 Å². The van der Waals surface area contributed by atoms with Crippen molar-refractivity contribution in [3.63, 3.8) is 0 Å². The number of likely N-dealkylation sites (tertiary alicyclic amines) is 1. The van der Waals surface area contributed by atoms with Crippen LogP contribution in [0.5, 0.6) is 0 Å². The van der Waals surface area contributed by atoms with Crippen molar-refractivity contribution in [2.75, 3.05) is 54.0 Å². The maximum atomic E-state index is 14.4. The molecule has 0 aromatic heterocycles. The number of nitrogens with two attached hydrogens (primary N) is 1. The Morgan fingerprint density at radius 2 is 1.54 bits per heavy atom. The molecule has 0 bridgehead atoms. The van der Waals surface area contributed by atoms with Gasteiger partial charge in [0.05, 0.1) is 31.3 Å². The minimum atomic E-state index is -1.49. The first kappa shape index (κ1) is 50.2. The molecule has 0 saturated carbocycles. The van der Waals surface area contributed by atoms with Crippen molar-refractivity contribution in [2.45, 2.75) is 129 Å². The molecule has 0 spiro atoms. The summed E-state index contributed by atoms with van der Waals surface area (Å²) in [5.41, 5.74) is 4.79. The first-order chi connectivity index (χ1) is 26.1. The topological polar surface area (TPSA) is 215 Å². The predicted molar refractivity (Wildman–Crippen MR) is 215 cm³/mol. The Bertz CT molecular complexity index is 1360. The largest absolute Gasteiger partial charge is 0.392 e. The number of urea groups is 1. The number of allylic oxidation sites excluding steroid dienone is 2. The zero-order valence-corrected chi connectivity index (χ0v) is 35.5. The molecule has 0 radical (unpaired) electrons. The molecule has 320 valence electrons. The van der Waals surface area contributed by atoms with E-state index < -0.39 is 71.4 Å². The molecule has 0 aliphatic carbocycles. The zero-order valence-electron chi connectivity index (χ0n) is 35.5. The number of carbonyl (C=O) groups excluding carboxylic acids is 6. The summed E-state index contributed by atoms with van der Waals surface area (Å²) in [7, 11) is 4.05. The van der Waals surface area contributed by atoms with Crippen molar-refractivity contribution < 1.29 is 43.7 Å². The average Bonchev–Trinajstić information content (AvgIpc) is 3.65. The Morgan fingerprint density at radius 3 is 2.05 bits per heavy atom. The highest BCUT2D eigenvalue weighted by Crippen LogP contribution is 2.20. The number of aliphatic hydroxyl groups excluding tert-OH is 1. The molecule has 0 aromatic carbocycles. The van der Waals surface area contributed by atoms with Gasteiger partial charge in [-0.3, -0.25) is 29.3 Å². The van der Waals surface area contributed by atoms with E-state index in [1.807, 2.05) is 39.8 Å². The van der Waals surface area contributed by atoms with Gasteiger partial charge in [0.15, 0.2) is 0 Å². The minimum absolute atomic E-state index is 0.00621. The van der Waals surface area contributed by atoms with E-state index in [1.165, 1.54) is 39.9 Å². The molecule has 7 amide bonds. The number of imide groups is 1. The summed E-state index contributed by atoms with van der Waals surface area (Å²) in [6, 6.07) is -5.79. The highest BCUT2D eigenvalue weighted by Gasteiger charge is 2.40. The molecule has 1 aliphatic heterocycles. The van der Waals surface area contributed by atoms with Crippen LogP contribution in [0, 0.1) is 11.8 Å². The first-order valence-corrected chi connectivity index (χ1v) is 19.7. The Hall–Kier alpha value is -3.86. The van der Waals surface area contributed by atoms with Gasteiger partial charge in [-0.1, -0.05) is 52.0 Å². The number of likely N-dealkylation sites (N-methyl/N-ethyl adjacent to an activating group) is 3. The monoisotopic (exact) mass is 794 g/mol. The molecule has 16 nitrogen and oxygen atoms in total. The molecule has 1 heterocycles. The van der Waals surface area contributed by atoms with Crippen LogP contribution in [0.4, 0.5) is 4.79 Å². The van der Waals surface area contributed by atoms with Crippen molar-refractivity contribution in [3.8, 4) is 0 Å². The van der Waals surface area contributed by atoms with Gasteiger partial charge in [-0.15, -0.1) is 0 Å². The molecule has 16 heteroatoms. The van der Waals surface area contributed by atoms with Gasteiger partial charge < -0.3 is 45.6 Å². The highest BCUT2D eigenvalue weighted by atomic mass is 16.5. The quantitative estimate of drug-likeness (QED) is 0.0706. The van der Waals surface area contributed by atoms with Crippen molar-refractivity contribution in [3.05, 3.63) is 24.3 Å². The fourth-order valence-electron chi connectivity index (χ4n) is 6.23. The Labute approximate surface area is 334 Å². The average molecular weight is 794 g/mol. The molecular formula is C40H71N7O9. The zero-order chi connectivity index (χ0) is 42.9. The lowest BCUT2D eigenvalue weighted by Gasteiger charge is -2.37. The summed E-state index contributed by atoms with van der Waals surface area (Å²) in [6.45, 7) is 18.5. The number of aliphatic hydroxyl groups is 2. The van der Waals surface area contributed by atoms with Crippen LogP contribution in [0.15, 0.2) is 24.3 Å². The van der Waals surface area contributed by atoms with Gasteiger partial charge >= 0.3 is 6.03 Å². The molecule has 1 saturated heterocycles. The molecular weight excluding hydrogens is 722 g/mol. The van der Waals surface area contributed by atoms with Crippen molar-refractivity contribution in [1.82, 2.24) is 30.2 Å². The molecule has 0 unspecified atom stereocenters. The maximum absolute atomic E-state index is 14.4. The number of rotatable bonds is 24. The van der Waals surface area contributed by atoms with Crippen LogP contribution < -0.4 is 16.4 Å². The lowest BCUT2D eigenvalue weighted by molar-refractivity contribution is -0.152. The van der Waals surface area contributed by atoms with Crippen molar-refractivity contribution >= 4 is 35.6 Å². The summed E-state index contributed by atoms with van der Waals surface area (Å²) >= 11 is 0. The first-order valence-electron chi connectivity index (χ1n) is 19.7. The fraction of sp³-hybridized carbons (Fsp3) is 0.750. The summed E-state index contributed by atoms with van der Waals surface area (Å²) < 4.78 is 5.97. The van der Waals surface area contributed by atoms with E-state index in [0.29, 0.717) is 18.5 Å². The van der Waals surface area contributed by atoms with E-state index >= 15 is 0 Å².